The van der Waals surface area contributed by atoms with Gasteiger partial charge in [-0.05, 0) is 36.8 Å². The van der Waals surface area contributed by atoms with E-state index in [1.54, 1.807) is 24.3 Å². The summed E-state index contributed by atoms with van der Waals surface area (Å²) in [5.74, 6) is 0.993. The lowest BCUT2D eigenvalue weighted by molar-refractivity contribution is 0.107. The number of aryl methyl sites for hydroxylation is 1. The van der Waals surface area contributed by atoms with Crippen molar-refractivity contribution >= 4 is 12.0 Å². The second-order valence-corrected chi connectivity index (χ2v) is 3.95. The molecule has 1 N–H and O–H groups in total. The van der Waals surface area contributed by atoms with Gasteiger partial charge in [0.15, 0.2) is 0 Å². The summed E-state index contributed by atoms with van der Waals surface area (Å²) < 4.78 is 5.67. The van der Waals surface area contributed by atoms with Gasteiger partial charge in [-0.15, -0.1) is 0 Å². The number of carbonyl (C=O) groups excluding carboxylic acids is 1. The van der Waals surface area contributed by atoms with E-state index in [9.17, 15) is 4.79 Å². The number of hydrogen-bond acceptors (Lipinski definition) is 3. The summed E-state index contributed by atoms with van der Waals surface area (Å²) in [4.78, 5) is 11.4. The van der Waals surface area contributed by atoms with Gasteiger partial charge < -0.3 is 10.1 Å². The largest absolute Gasteiger partial charge is 0.457 e. The monoisotopic (exact) mass is 239 g/mol. The highest BCUT2D eigenvalue weighted by Gasteiger charge is 2.04. The molecule has 0 fully saturated rings. The molecule has 0 aliphatic rings. The van der Waals surface area contributed by atoms with Crippen LogP contribution in [0.5, 0.6) is 11.5 Å². The summed E-state index contributed by atoms with van der Waals surface area (Å²) >= 11 is 0. The number of ketones is 1. The van der Waals surface area contributed by atoms with Crippen LogP contribution in [0.2, 0.25) is 0 Å². The molecule has 0 amide bonds. The van der Waals surface area contributed by atoms with Crippen LogP contribution in [0.3, 0.4) is 0 Å². The molecule has 0 aliphatic heterocycles. The summed E-state index contributed by atoms with van der Waals surface area (Å²) in [6, 6.07) is 14.5. The van der Waals surface area contributed by atoms with Gasteiger partial charge in [0.2, 0.25) is 5.78 Å². The molecule has 0 spiro atoms. The predicted molar refractivity (Wildman–Crippen MR) is 70.8 cm³/mol. The number of benzene rings is 2. The zero-order chi connectivity index (χ0) is 13.0. The Morgan fingerprint density at radius 3 is 2.44 bits per heavy atom. The zero-order valence-corrected chi connectivity index (χ0v) is 10.0. The fourth-order valence-electron chi connectivity index (χ4n) is 1.61. The minimum Gasteiger partial charge on any atom is -0.457 e. The molecular weight excluding hydrogens is 226 g/mol. The van der Waals surface area contributed by atoms with Crippen LogP contribution < -0.4 is 4.74 Å². The molecule has 2 rings (SSSR count). The van der Waals surface area contributed by atoms with E-state index in [1.165, 1.54) is 0 Å². The Bertz CT molecular complexity index is 591. The quantitative estimate of drug-likeness (QED) is 0.654. The van der Waals surface area contributed by atoms with Crippen molar-refractivity contribution in [1.82, 2.24) is 0 Å². The van der Waals surface area contributed by atoms with Crippen LogP contribution in [0.1, 0.15) is 15.9 Å². The third-order valence-corrected chi connectivity index (χ3v) is 2.47. The van der Waals surface area contributed by atoms with Crippen LogP contribution in [-0.2, 0) is 0 Å². The van der Waals surface area contributed by atoms with Crippen LogP contribution in [0.25, 0.3) is 0 Å². The van der Waals surface area contributed by atoms with E-state index in [-0.39, 0.29) is 5.78 Å². The van der Waals surface area contributed by atoms with Crippen LogP contribution in [0.15, 0.2) is 48.5 Å². The van der Waals surface area contributed by atoms with Crippen molar-refractivity contribution in [3.8, 4) is 11.5 Å². The molecule has 18 heavy (non-hydrogen) atoms. The van der Waals surface area contributed by atoms with Gasteiger partial charge in [0, 0.05) is 5.56 Å². The van der Waals surface area contributed by atoms with E-state index in [1.807, 2.05) is 31.2 Å². The van der Waals surface area contributed by atoms with E-state index in [0.29, 0.717) is 11.3 Å². The molecule has 0 aliphatic carbocycles. The first kappa shape index (κ1) is 12.0. The average molecular weight is 239 g/mol. The van der Waals surface area contributed by atoms with Gasteiger partial charge in [0.05, 0.1) is 6.21 Å². The molecule has 0 radical (unpaired) electrons. The van der Waals surface area contributed by atoms with Gasteiger partial charge in [0.1, 0.15) is 11.5 Å². The molecule has 0 aromatic heterocycles. The molecule has 0 saturated carbocycles. The lowest BCUT2D eigenvalue weighted by Gasteiger charge is -2.07. The van der Waals surface area contributed by atoms with Crippen molar-refractivity contribution in [1.29, 1.82) is 5.41 Å². The predicted octanol–water partition coefficient (Wildman–Crippen LogP) is 3.62. The summed E-state index contributed by atoms with van der Waals surface area (Å²) in [5, 5.41) is 6.95. The highest BCUT2D eigenvalue weighted by molar-refractivity contribution is 6.34. The smallest absolute Gasteiger partial charge is 0.203 e. The van der Waals surface area contributed by atoms with Crippen LogP contribution in [-0.4, -0.2) is 12.0 Å². The van der Waals surface area contributed by atoms with Crippen LogP contribution in [0.4, 0.5) is 0 Å². The Morgan fingerprint density at radius 2 is 1.78 bits per heavy atom. The lowest BCUT2D eigenvalue weighted by Crippen LogP contribution is -1.99. The van der Waals surface area contributed by atoms with Crippen molar-refractivity contribution in [2.24, 2.45) is 0 Å². The summed E-state index contributed by atoms with van der Waals surface area (Å²) in [7, 11) is 0. The molecule has 90 valence electrons. The number of hydrogen-bond donors (Lipinski definition) is 1. The summed E-state index contributed by atoms with van der Waals surface area (Å²) in [6.07, 6.45) is 0.797. The Balaban J connectivity index is 2.24. The first-order valence-corrected chi connectivity index (χ1v) is 5.58. The fraction of sp³-hybridized carbons (Fsp3) is 0.0667. The third-order valence-electron chi connectivity index (χ3n) is 2.47. The van der Waals surface area contributed by atoms with Gasteiger partial charge >= 0.3 is 0 Å². The standard InChI is InChI=1S/C15H13NO2/c1-11-4-2-6-13(8-11)18-14-7-3-5-12(9-14)15(17)10-16/h2-10,16H,1H3. The first-order chi connectivity index (χ1) is 8.69. The maximum Gasteiger partial charge on any atom is 0.203 e. The Morgan fingerprint density at radius 1 is 1.11 bits per heavy atom. The average Bonchev–Trinajstić information content (AvgIpc) is 2.38. The second-order valence-electron chi connectivity index (χ2n) is 3.95. The van der Waals surface area contributed by atoms with Gasteiger partial charge in [-0.1, -0.05) is 24.3 Å². The number of carbonyl (C=O) groups is 1. The number of Topliss-reactive ketones (excluding diaryl/α,β-unsaturated/α-hetero) is 1. The Labute approximate surface area is 106 Å². The van der Waals surface area contributed by atoms with Crippen LogP contribution in [0, 0.1) is 12.3 Å². The normalized spacial score (nSPS) is 9.83. The number of rotatable bonds is 4. The maximum absolute atomic E-state index is 11.4. The van der Waals surface area contributed by atoms with Gasteiger partial charge in [-0.3, -0.25) is 4.79 Å². The summed E-state index contributed by atoms with van der Waals surface area (Å²) in [5.41, 5.74) is 1.56. The lowest BCUT2D eigenvalue weighted by atomic mass is 10.1. The van der Waals surface area contributed by atoms with E-state index in [0.717, 1.165) is 17.5 Å². The SMILES string of the molecule is Cc1cccc(Oc2cccc(C(=O)C=N)c2)c1. The molecule has 0 unspecified atom stereocenters. The maximum atomic E-state index is 11.4. The van der Waals surface area contributed by atoms with E-state index in [2.05, 4.69) is 0 Å². The van der Waals surface area contributed by atoms with Crippen LogP contribution >= 0.6 is 0 Å². The number of nitrogens with one attached hydrogen (secondary N) is 1. The van der Waals surface area contributed by atoms with Crippen molar-refractivity contribution in [2.45, 2.75) is 6.92 Å². The molecule has 3 heteroatoms. The minimum atomic E-state index is -0.329. The number of ether oxygens (including phenoxy) is 1. The molecular formula is C15H13NO2. The minimum absolute atomic E-state index is 0.329. The fourth-order valence-corrected chi connectivity index (χ4v) is 1.61. The molecule has 3 nitrogen and oxygen atoms in total. The van der Waals surface area contributed by atoms with Crippen molar-refractivity contribution in [2.75, 3.05) is 0 Å². The first-order valence-electron chi connectivity index (χ1n) is 5.58. The highest BCUT2D eigenvalue weighted by Crippen LogP contribution is 2.22. The topological polar surface area (TPSA) is 50.2 Å². The van der Waals surface area contributed by atoms with E-state index >= 15 is 0 Å². The van der Waals surface area contributed by atoms with Gasteiger partial charge in [-0.2, -0.15) is 0 Å². The Hall–Kier alpha value is -2.42. The highest BCUT2D eigenvalue weighted by atomic mass is 16.5. The molecule has 0 heterocycles. The molecule has 0 atom stereocenters. The van der Waals surface area contributed by atoms with Crippen molar-refractivity contribution in [3.05, 3.63) is 59.7 Å². The Kier molecular flexibility index (Phi) is 3.53. The van der Waals surface area contributed by atoms with Crippen molar-refractivity contribution < 1.29 is 9.53 Å². The van der Waals surface area contributed by atoms with Gasteiger partial charge in [-0.25, -0.2) is 0 Å². The third kappa shape index (κ3) is 2.83. The zero-order valence-electron chi connectivity index (χ0n) is 10.0. The summed E-state index contributed by atoms with van der Waals surface area (Å²) in [6.45, 7) is 1.99. The molecule has 0 saturated heterocycles. The second kappa shape index (κ2) is 5.27. The van der Waals surface area contributed by atoms with E-state index in [4.69, 9.17) is 10.1 Å². The molecule has 2 aromatic rings. The van der Waals surface area contributed by atoms with Crippen molar-refractivity contribution in [3.63, 3.8) is 0 Å². The van der Waals surface area contributed by atoms with Gasteiger partial charge in [0.25, 0.3) is 0 Å². The molecule has 0 bridgehead atoms. The molecule has 2 aromatic carbocycles. The van der Waals surface area contributed by atoms with E-state index < -0.39 is 0 Å².